The van der Waals surface area contributed by atoms with Gasteiger partial charge in [-0.15, -0.1) is 0 Å². The van der Waals surface area contributed by atoms with Gasteiger partial charge in [-0.2, -0.15) is 13.2 Å². The fourth-order valence-electron chi connectivity index (χ4n) is 1.74. The third-order valence-electron chi connectivity index (χ3n) is 2.79. The van der Waals surface area contributed by atoms with E-state index < -0.39 is 11.7 Å². The Kier molecular flexibility index (Phi) is 4.02. The summed E-state index contributed by atoms with van der Waals surface area (Å²) in [5.41, 5.74) is 0.859. The molecule has 0 fully saturated rings. The van der Waals surface area contributed by atoms with E-state index in [1.165, 1.54) is 12.1 Å². The summed E-state index contributed by atoms with van der Waals surface area (Å²) in [6, 6.07) is 8.00. The predicted octanol–water partition coefficient (Wildman–Crippen LogP) is 3.52. The minimum absolute atomic E-state index is 0.296. The number of aromatic nitrogens is 1. The number of nitrogens with zero attached hydrogens (tertiary/aromatic N) is 2. The molecule has 0 saturated carbocycles. The molecule has 1 aromatic carbocycles. The zero-order valence-corrected chi connectivity index (χ0v) is 10.3. The Morgan fingerprint density at radius 2 is 1.65 bits per heavy atom. The van der Waals surface area contributed by atoms with E-state index in [4.69, 9.17) is 5.21 Å². The molecule has 1 heterocycles. The number of benzene rings is 1. The number of hydrogen-bond acceptors (Lipinski definition) is 3. The first kappa shape index (κ1) is 14.0. The van der Waals surface area contributed by atoms with E-state index in [1.807, 2.05) is 0 Å². The second-order valence-electron chi connectivity index (χ2n) is 4.15. The van der Waals surface area contributed by atoms with E-state index in [9.17, 15) is 13.2 Å². The standard InChI is InChI=1S/C14H11F3N2O/c15-14(16,17)12-3-1-11(2-4-12)13(19-20)9-10-5-7-18-8-6-10/h1-8,20H,9H2/b19-13-. The van der Waals surface area contributed by atoms with Gasteiger partial charge in [-0.1, -0.05) is 17.3 Å². The first-order valence-electron chi connectivity index (χ1n) is 5.78. The maximum atomic E-state index is 12.5. The van der Waals surface area contributed by atoms with Crippen LogP contribution in [0.15, 0.2) is 53.9 Å². The summed E-state index contributed by atoms with van der Waals surface area (Å²) in [6.07, 6.45) is -0.876. The Labute approximate surface area is 113 Å². The van der Waals surface area contributed by atoms with Crippen LogP contribution >= 0.6 is 0 Å². The van der Waals surface area contributed by atoms with Crippen molar-refractivity contribution in [3.8, 4) is 0 Å². The topological polar surface area (TPSA) is 45.5 Å². The van der Waals surface area contributed by atoms with Crippen LogP contribution in [0, 0.1) is 0 Å². The molecule has 0 atom stereocenters. The number of oxime groups is 1. The van der Waals surface area contributed by atoms with E-state index in [0.29, 0.717) is 17.7 Å². The number of hydrogen-bond donors (Lipinski definition) is 1. The molecule has 0 aliphatic heterocycles. The predicted molar refractivity (Wildman–Crippen MR) is 67.7 cm³/mol. The molecule has 0 amide bonds. The van der Waals surface area contributed by atoms with Gasteiger partial charge >= 0.3 is 6.18 Å². The normalized spacial score (nSPS) is 12.4. The first-order valence-corrected chi connectivity index (χ1v) is 5.78. The number of alkyl halides is 3. The molecule has 1 aromatic heterocycles. The Morgan fingerprint density at radius 1 is 1.05 bits per heavy atom. The summed E-state index contributed by atoms with van der Waals surface area (Å²) in [5, 5.41) is 12.2. The highest BCUT2D eigenvalue weighted by molar-refractivity contribution is 6.01. The average Bonchev–Trinajstić information content (AvgIpc) is 2.45. The summed E-state index contributed by atoms with van der Waals surface area (Å²) < 4.78 is 37.4. The van der Waals surface area contributed by atoms with Gasteiger partial charge in [0.1, 0.15) is 0 Å². The van der Waals surface area contributed by atoms with Gasteiger partial charge in [0.05, 0.1) is 11.3 Å². The fraction of sp³-hybridized carbons (Fsp3) is 0.143. The second-order valence-corrected chi connectivity index (χ2v) is 4.15. The van der Waals surface area contributed by atoms with Crippen molar-refractivity contribution in [3.05, 3.63) is 65.5 Å². The lowest BCUT2D eigenvalue weighted by atomic mass is 10.0. The maximum absolute atomic E-state index is 12.5. The van der Waals surface area contributed by atoms with E-state index in [0.717, 1.165) is 17.7 Å². The summed E-state index contributed by atoms with van der Waals surface area (Å²) >= 11 is 0. The Bertz CT molecular complexity index is 592. The lowest BCUT2D eigenvalue weighted by Gasteiger charge is -2.08. The third-order valence-corrected chi connectivity index (χ3v) is 2.79. The van der Waals surface area contributed by atoms with Crippen LogP contribution in [0.5, 0.6) is 0 Å². The highest BCUT2D eigenvalue weighted by Crippen LogP contribution is 2.29. The van der Waals surface area contributed by atoms with Crippen LogP contribution in [0.1, 0.15) is 16.7 Å². The molecule has 0 spiro atoms. The van der Waals surface area contributed by atoms with E-state index in [-0.39, 0.29) is 0 Å². The van der Waals surface area contributed by atoms with Crippen molar-refractivity contribution in [2.45, 2.75) is 12.6 Å². The van der Waals surface area contributed by atoms with Crippen LogP contribution in [0.2, 0.25) is 0 Å². The number of rotatable bonds is 3. The fourth-order valence-corrected chi connectivity index (χ4v) is 1.74. The summed E-state index contributed by atoms with van der Waals surface area (Å²) in [6.45, 7) is 0. The van der Waals surface area contributed by atoms with Gasteiger partial charge in [0.2, 0.25) is 0 Å². The van der Waals surface area contributed by atoms with Crippen LogP contribution in [-0.2, 0) is 12.6 Å². The van der Waals surface area contributed by atoms with E-state index in [1.54, 1.807) is 24.5 Å². The average molecular weight is 280 g/mol. The third kappa shape index (κ3) is 3.34. The van der Waals surface area contributed by atoms with Gasteiger partial charge in [-0.3, -0.25) is 4.98 Å². The molecule has 2 aromatic rings. The van der Waals surface area contributed by atoms with Crippen molar-refractivity contribution < 1.29 is 18.4 Å². The van der Waals surface area contributed by atoms with Crippen molar-refractivity contribution >= 4 is 5.71 Å². The van der Waals surface area contributed by atoms with Crippen LogP contribution in [0.25, 0.3) is 0 Å². The zero-order chi connectivity index (χ0) is 14.6. The molecule has 3 nitrogen and oxygen atoms in total. The van der Waals surface area contributed by atoms with E-state index in [2.05, 4.69) is 10.1 Å². The lowest BCUT2D eigenvalue weighted by molar-refractivity contribution is -0.137. The molecular weight excluding hydrogens is 269 g/mol. The summed E-state index contributed by atoms with van der Waals surface area (Å²) in [5.74, 6) is 0. The van der Waals surface area contributed by atoms with Crippen LogP contribution < -0.4 is 0 Å². The summed E-state index contributed by atoms with van der Waals surface area (Å²) in [7, 11) is 0. The molecule has 0 aliphatic rings. The van der Waals surface area contributed by atoms with Crippen LogP contribution in [-0.4, -0.2) is 15.9 Å². The van der Waals surface area contributed by atoms with Gasteiger partial charge in [0, 0.05) is 18.8 Å². The molecular formula is C14H11F3N2O. The smallest absolute Gasteiger partial charge is 0.411 e. The Hall–Kier alpha value is -2.37. The molecule has 2 rings (SSSR count). The van der Waals surface area contributed by atoms with Crippen molar-refractivity contribution in [2.75, 3.05) is 0 Å². The van der Waals surface area contributed by atoms with Crippen molar-refractivity contribution in [2.24, 2.45) is 5.16 Å². The zero-order valence-electron chi connectivity index (χ0n) is 10.3. The van der Waals surface area contributed by atoms with Gasteiger partial charge < -0.3 is 5.21 Å². The second kappa shape index (κ2) is 5.73. The van der Waals surface area contributed by atoms with Crippen molar-refractivity contribution in [3.63, 3.8) is 0 Å². The van der Waals surface area contributed by atoms with Gasteiger partial charge in [0.25, 0.3) is 0 Å². The minimum Gasteiger partial charge on any atom is -0.411 e. The molecule has 0 unspecified atom stereocenters. The number of pyridine rings is 1. The molecule has 20 heavy (non-hydrogen) atoms. The molecule has 1 N–H and O–H groups in total. The Morgan fingerprint density at radius 3 is 2.15 bits per heavy atom. The van der Waals surface area contributed by atoms with Crippen LogP contribution in [0.4, 0.5) is 13.2 Å². The Balaban J connectivity index is 2.21. The highest BCUT2D eigenvalue weighted by Gasteiger charge is 2.30. The molecule has 0 aliphatic carbocycles. The van der Waals surface area contributed by atoms with Gasteiger partial charge in [-0.25, -0.2) is 0 Å². The maximum Gasteiger partial charge on any atom is 0.416 e. The quantitative estimate of drug-likeness (QED) is 0.531. The molecule has 0 bridgehead atoms. The lowest BCUT2D eigenvalue weighted by Crippen LogP contribution is -2.08. The van der Waals surface area contributed by atoms with Gasteiger partial charge in [0.15, 0.2) is 0 Å². The monoisotopic (exact) mass is 280 g/mol. The van der Waals surface area contributed by atoms with Crippen molar-refractivity contribution in [1.82, 2.24) is 4.98 Å². The van der Waals surface area contributed by atoms with Gasteiger partial charge in [-0.05, 0) is 35.4 Å². The molecule has 104 valence electrons. The highest BCUT2D eigenvalue weighted by atomic mass is 19.4. The molecule has 6 heteroatoms. The first-order chi connectivity index (χ1) is 9.50. The minimum atomic E-state index is -4.37. The summed E-state index contributed by atoms with van der Waals surface area (Å²) in [4.78, 5) is 3.86. The molecule has 0 saturated heterocycles. The van der Waals surface area contributed by atoms with Crippen LogP contribution in [0.3, 0.4) is 0 Å². The number of halogens is 3. The van der Waals surface area contributed by atoms with E-state index >= 15 is 0 Å². The molecule has 0 radical (unpaired) electrons. The SMILES string of the molecule is O/N=C(/Cc1ccncc1)c1ccc(C(F)(F)F)cc1. The van der Waals surface area contributed by atoms with Crippen molar-refractivity contribution in [1.29, 1.82) is 0 Å². The largest absolute Gasteiger partial charge is 0.416 e.